The standard InChI is InChI=1S/C12H24N2O/c1-9-4-6-14-11(7-9)12(15)10-3-2-5-13-8-10/h9-15H,2-8H2,1H3. The van der Waals surface area contributed by atoms with E-state index >= 15 is 0 Å². The van der Waals surface area contributed by atoms with Crippen molar-refractivity contribution in [3.05, 3.63) is 0 Å². The maximum absolute atomic E-state index is 10.3. The quantitative estimate of drug-likeness (QED) is 0.632. The second-order valence-corrected chi connectivity index (χ2v) is 5.29. The van der Waals surface area contributed by atoms with Crippen LogP contribution in [-0.4, -0.2) is 36.9 Å². The predicted molar refractivity (Wildman–Crippen MR) is 61.8 cm³/mol. The van der Waals surface area contributed by atoms with Crippen molar-refractivity contribution in [1.82, 2.24) is 10.6 Å². The van der Waals surface area contributed by atoms with Crippen LogP contribution < -0.4 is 10.6 Å². The van der Waals surface area contributed by atoms with Crippen molar-refractivity contribution in [2.45, 2.75) is 44.8 Å². The molecule has 0 aromatic carbocycles. The Morgan fingerprint density at radius 2 is 2.13 bits per heavy atom. The fourth-order valence-electron chi connectivity index (χ4n) is 2.91. The largest absolute Gasteiger partial charge is 0.391 e. The highest BCUT2D eigenvalue weighted by Gasteiger charge is 2.31. The summed E-state index contributed by atoms with van der Waals surface area (Å²) in [6.45, 7) is 5.48. The first-order chi connectivity index (χ1) is 7.27. The molecule has 0 amide bonds. The third kappa shape index (κ3) is 2.92. The molecule has 2 fully saturated rings. The van der Waals surface area contributed by atoms with Crippen molar-refractivity contribution in [1.29, 1.82) is 0 Å². The zero-order valence-electron chi connectivity index (χ0n) is 9.71. The van der Waals surface area contributed by atoms with Gasteiger partial charge in [0.25, 0.3) is 0 Å². The van der Waals surface area contributed by atoms with Gasteiger partial charge in [-0.2, -0.15) is 0 Å². The average molecular weight is 212 g/mol. The second-order valence-electron chi connectivity index (χ2n) is 5.29. The Balaban J connectivity index is 1.85. The first-order valence-corrected chi connectivity index (χ1v) is 6.39. The highest BCUT2D eigenvalue weighted by atomic mass is 16.3. The number of aliphatic hydroxyl groups excluding tert-OH is 1. The van der Waals surface area contributed by atoms with E-state index < -0.39 is 0 Å². The lowest BCUT2D eigenvalue weighted by molar-refractivity contribution is 0.0399. The molecule has 3 heteroatoms. The van der Waals surface area contributed by atoms with Crippen LogP contribution in [0.15, 0.2) is 0 Å². The summed E-state index contributed by atoms with van der Waals surface area (Å²) in [6, 6.07) is 0.332. The van der Waals surface area contributed by atoms with E-state index in [1.165, 1.54) is 19.3 Å². The Kier molecular flexibility index (Phi) is 4.00. The molecule has 4 atom stereocenters. The highest BCUT2D eigenvalue weighted by Crippen LogP contribution is 2.23. The summed E-state index contributed by atoms with van der Waals surface area (Å²) in [5.74, 6) is 1.23. The van der Waals surface area contributed by atoms with Gasteiger partial charge in [0.2, 0.25) is 0 Å². The smallest absolute Gasteiger partial charge is 0.0733 e. The number of piperidine rings is 2. The second kappa shape index (κ2) is 5.28. The van der Waals surface area contributed by atoms with Crippen LogP contribution >= 0.6 is 0 Å². The summed E-state index contributed by atoms with van der Waals surface area (Å²) in [7, 11) is 0. The third-order valence-electron chi connectivity index (χ3n) is 3.93. The van der Waals surface area contributed by atoms with E-state index in [9.17, 15) is 5.11 Å². The number of rotatable bonds is 2. The summed E-state index contributed by atoms with van der Waals surface area (Å²) in [5.41, 5.74) is 0. The van der Waals surface area contributed by atoms with Gasteiger partial charge in [0, 0.05) is 12.6 Å². The third-order valence-corrected chi connectivity index (χ3v) is 3.93. The Labute approximate surface area is 92.6 Å². The molecule has 4 unspecified atom stereocenters. The molecule has 0 aliphatic carbocycles. The number of hydrogen-bond donors (Lipinski definition) is 3. The van der Waals surface area contributed by atoms with E-state index in [2.05, 4.69) is 17.6 Å². The topological polar surface area (TPSA) is 44.3 Å². The molecule has 0 aromatic heterocycles. The van der Waals surface area contributed by atoms with Crippen molar-refractivity contribution in [3.8, 4) is 0 Å². The Morgan fingerprint density at radius 3 is 2.80 bits per heavy atom. The van der Waals surface area contributed by atoms with Crippen LogP contribution in [0.25, 0.3) is 0 Å². The van der Waals surface area contributed by atoms with Crippen LogP contribution in [0.2, 0.25) is 0 Å². The molecular weight excluding hydrogens is 188 g/mol. The van der Waals surface area contributed by atoms with Crippen molar-refractivity contribution >= 4 is 0 Å². The molecule has 0 saturated carbocycles. The Morgan fingerprint density at radius 1 is 1.27 bits per heavy atom. The normalized spacial score (nSPS) is 40.0. The molecule has 0 spiro atoms. The van der Waals surface area contributed by atoms with E-state index in [4.69, 9.17) is 0 Å². The van der Waals surface area contributed by atoms with Crippen LogP contribution in [-0.2, 0) is 0 Å². The molecule has 2 aliphatic heterocycles. The maximum atomic E-state index is 10.3. The van der Waals surface area contributed by atoms with Gasteiger partial charge < -0.3 is 15.7 Å². The van der Waals surface area contributed by atoms with E-state index in [0.717, 1.165) is 32.0 Å². The lowest BCUT2D eigenvalue weighted by atomic mass is 9.83. The monoisotopic (exact) mass is 212 g/mol. The molecule has 2 aliphatic rings. The van der Waals surface area contributed by atoms with Gasteiger partial charge >= 0.3 is 0 Å². The van der Waals surface area contributed by atoms with Crippen molar-refractivity contribution in [2.75, 3.05) is 19.6 Å². The lowest BCUT2D eigenvalue weighted by Gasteiger charge is -2.37. The molecule has 0 aromatic rings. The molecule has 3 nitrogen and oxygen atoms in total. The van der Waals surface area contributed by atoms with Gasteiger partial charge in [-0.25, -0.2) is 0 Å². The zero-order chi connectivity index (χ0) is 10.7. The van der Waals surface area contributed by atoms with Crippen molar-refractivity contribution in [2.24, 2.45) is 11.8 Å². The first-order valence-electron chi connectivity index (χ1n) is 6.39. The fourth-order valence-corrected chi connectivity index (χ4v) is 2.91. The Bertz CT molecular complexity index is 192. The van der Waals surface area contributed by atoms with Crippen LogP contribution in [0.4, 0.5) is 0 Å². The summed E-state index contributed by atoms with van der Waals surface area (Å²) < 4.78 is 0. The van der Waals surface area contributed by atoms with Gasteiger partial charge in [-0.05, 0) is 50.6 Å². The molecule has 2 rings (SSSR count). The van der Waals surface area contributed by atoms with Crippen LogP contribution in [0, 0.1) is 11.8 Å². The van der Waals surface area contributed by atoms with Crippen LogP contribution in [0.5, 0.6) is 0 Å². The molecule has 0 bridgehead atoms. The molecule has 2 saturated heterocycles. The average Bonchev–Trinajstić information content (AvgIpc) is 2.29. The van der Waals surface area contributed by atoms with Crippen LogP contribution in [0.3, 0.4) is 0 Å². The maximum Gasteiger partial charge on any atom is 0.0733 e. The van der Waals surface area contributed by atoms with Crippen molar-refractivity contribution in [3.63, 3.8) is 0 Å². The number of nitrogens with one attached hydrogen (secondary N) is 2. The molecule has 15 heavy (non-hydrogen) atoms. The zero-order valence-corrected chi connectivity index (χ0v) is 9.71. The number of aliphatic hydroxyl groups is 1. The van der Waals surface area contributed by atoms with Gasteiger partial charge in [-0.3, -0.25) is 0 Å². The van der Waals surface area contributed by atoms with Gasteiger partial charge in [-0.1, -0.05) is 6.92 Å². The van der Waals surface area contributed by atoms with E-state index in [-0.39, 0.29) is 6.10 Å². The molecule has 88 valence electrons. The molecule has 3 N–H and O–H groups in total. The van der Waals surface area contributed by atoms with Gasteiger partial charge in [0.1, 0.15) is 0 Å². The minimum atomic E-state index is -0.152. The summed E-state index contributed by atoms with van der Waals surface area (Å²) in [4.78, 5) is 0. The first kappa shape index (κ1) is 11.4. The SMILES string of the molecule is CC1CCNC(C(O)C2CCCNC2)C1. The van der Waals surface area contributed by atoms with Crippen LogP contribution in [0.1, 0.15) is 32.6 Å². The molecule has 0 radical (unpaired) electrons. The summed E-state index contributed by atoms with van der Waals surface area (Å²) in [5, 5.41) is 17.2. The lowest BCUT2D eigenvalue weighted by Crippen LogP contribution is -2.51. The summed E-state index contributed by atoms with van der Waals surface area (Å²) in [6.07, 6.45) is 4.63. The minimum Gasteiger partial charge on any atom is -0.391 e. The van der Waals surface area contributed by atoms with Crippen molar-refractivity contribution < 1.29 is 5.11 Å². The van der Waals surface area contributed by atoms with E-state index in [1.807, 2.05) is 0 Å². The van der Waals surface area contributed by atoms with E-state index in [1.54, 1.807) is 0 Å². The van der Waals surface area contributed by atoms with Gasteiger partial charge in [-0.15, -0.1) is 0 Å². The number of hydrogen-bond acceptors (Lipinski definition) is 3. The predicted octanol–water partition coefficient (Wildman–Crippen LogP) is 0.735. The highest BCUT2D eigenvalue weighted by molar-refractivity contribution is 4.88. The molecule has 2 heterocycles. The molecular formula is C12H24N2O. The van der Waals surface area contributed by atoms with Gasteiger partial charge in [0.05, 0.1) is 6.10 Å². The Hall–Kier alpha value is -0.120. The van der Waals surface area contributed by atoms with E-state index in [0.29, 0.717) is 12.0 Å². The summed E-state index contributed by atoms with van der Waals surface area (Å²) >= 11 is 0. The minimum absolute atomic E-state index is 0.152. The fraction of sp³-hybridized carbons (Fsp3) is 1.00. The van der Waals surface area contributed by atoms with Gasteiger partial charge in [0.15, 0.2) is 0 Å².